The summed E-state index contributed by atoms with van der Waals surface area (Å²) in [5.41, 5.74) is -0.422. The molecule has 1 aliphatic heterocycles. The number of hydroxylamine groups is 2. The minimum absolute atomic E-state index is 0.211. The van der Waals surface area contributed by atoms with E-state index in [-0.39, 0.29) is 11.1 Å². The van der Waals surface area contributed by atoms with Crippen LogP contribution >= 0.6 is 0 Å². The van der Waals surface area contributed by atoms with Crippen molar-refractivity contribution >= 4 is 0 Å². The summed E-state index contributed by atoms with van der Waals surface area (Å²) in [7, 11) is 4.83. The first-order chi connectivity index (χ1) is 14.0. The summed E-state index contributed by atoms with van der Waals surface area (Å²) >= 11 is 0. The van der Waals surface area contributed by atoms with Gasteiger partial charge in [-0.05, 0) is 72.1 Å². The van der Waals surface area contributed by atoms with Crippen LogP contribution in [0, 0.1) is 11.1 Å². The number of hydrogen-bond acceptors (Lipinski definition) is 2. The van der Waals surface area contributed by atoms with Crippen molar-refractivity contribution in [3.8, 4) is 0 Å². The van der Waals surface area contributed by atoms with Crippen LogP contribution < -0.4 is 0 Å². The van der Waals surface area contributed by atoms with E-state index in [2.05, 4.69) is 48.7 Å². The van der Waals surface area contributed by atoms with Gasteiger partial charge in [0, 0.05) is 11.1 Å². The van der Waals surface area contributed by atoms with E-state index < -0.39 is 0 Å². The molecule has 30 heavy (non-hydrogen) atoms. The maximum atomic E-state index is 12.5. The standard InChI is InChI=1S/C27H56N2O/c1-8-9-10-11-12-13-14-15-16-18-21-29(6,7)22-19-17-20-25-23-26(2,3)28(30)27(4,5)24-25/h25H,8-24H2,1-7H3. The van der Waals surface area contributed by atoms with Crippen molar-refractivity contribution in [1.82, 2.24) is 5.06 Å². The number of nitrogens with zero attached hydrogens (tertiary/aromatic N) is 2. The molecule has 180 valence electrons. The molecular formula is C27H56N2O. The summed E-state index contributed by atoms with van der Waals surface area (Å²) in [5.74, 6) is 0.706. The van der Waals surface area contributed by atoms with Crippen LogP contribution in [0.3, 0.4) is 0 Å². The zero-order valence-corrected chi connectivity index (χ0v) is 21.9. The molecule has 1 aliphatic rings. The average molecular weight is 425 g/mol. The SMILES string of the molecule is CCCCCCCCCCCC[N+](C)(C)CCCCC1CC(C)(C)N([O-])C(C)(C)C1. The first-order valence-corrected chi connectivity index (χ1v) is 13.3. The molecule has 3 heteroatoms. The molecule has 0 saturated carbocycles. The third-order valence-corrected chi connectivity index (χ3v) is 7.42. The molecule has 0 aromatic carbocycles. The molecule has 0 unspecified atom stereocenters. The molecular weight excluding hydrogens is 368 g/mol. The molecule has 0 radical (unpaired) electrons. The van der Waals surface area contributed by atoms with Crippen LogP contribution in [0.2, 0.25) is 0 Å². The van der Waals surface area contributed by atoms with Crippen molar-refractivity contribution in [2.24, 2.45) is 5.92 Å². The smallest absolute Gasteiger partial charge is 0.0782 e. The van der Waals surface area contributed by atoms with Crippen molar-refractivity contribution in [3.05, 3.63) is 5.21 Å². The van der Waals surface area contributed by atoms with Crippen LogP contribution in [0.5, 0.6) is 0 Å². The predicted molar refractivity (Wildman–Crippen MR) is 134 cm³/mol. The lowest BCUT2D eigenvalue weighted by Crippen LogP contribution is -2.57. The van der Waals surface area contributed by atoms with Crippen LogP contribution in [0.15, 0.2) is 0 Å². The van der Waals surface area contributed by atoms with Crippen molar-refractivity contribution in [1.29, 1.82) is 0 Å². The zero-order chi connectivity index (χ0) is 22.7. The van der Waals surface area contributed by atoms with Crippen molar-refractivity contribution in [2.75, 3.05) is 27.2 Å². The lowest BCUT2D eigenvalue weighted by Gasteiger charge is -2.60. The highest BCUT2D eigenvalue weighted by Gasteiger charge is 2.39. The Kier molecular flexibility index (Phi) is 12.5. The summed E-state index contributed by atoms with van der Waals surface area (Å²) in [6.07, 6.45) is 20.2. The van der Waals surface area contributed by atoms with E-state index in [0.717, 1.165) is 12.8 Å². The second-order valence-electron chi connectivity index (χ2n) is 12.3. The fraction of sp³-hybridized carbons (Fsp3) is 1.00. The van der Waals surface area contributed by atoms with Gasteiger partial charge in [0.25, 0.3) is 0 Å². The van der Waals surface area contributed by atoms with Gasteiger partial charge in [0.15, 0.2) is 0 Å². The van der Waals surface area contributed by atoms with E-state index in [1.807, 2.05) is 0 Å². The highest BCUT2D eigenvalue weighted by molar-refractivity contribution is 5.00. The Morgan fingerprint density at radius 1 is 0.700 bits per heavy atom. The molecule has 1 saturated heterocycles. The molecule has 0 aromatic heterocycles. The fourth-order valence-corrected chi connectivity index (χ4v) is 5.79. The van der Waals surface area contributed by atoms with Gasteiger partial charge >= 0.3 is 0 Å². The summed E-state index contributed by atoms with van der Waals surface area (Å²) in [6.45, 7) is 13.4. The summed E-state index contributed by atoms with van der Waals surface area (Å²) in [5, 5.41) is 13.9. The van der Waals surface area contributed by atoms with E-state index in [0.29, 0.717) is 5.92 Å². The van der Waals surface area contributed by atoms with Crippen LogP contribution in [-0.2, 0) is 0 Å². The summed E-state index contributed by atoms with van der Waals surface area (Å²) < 4.78 is 1.17. The second-order valence-corrected chi connectivity index (χ2v) is 12.3. The van der Waals surface area contributed by atoms with E-state index in [9.17, 15) is 5.21 Å². The molecule has 0 atom stereocenters. The first kappa shape index (κ1) is 27.9. The maximum absolute atomic E-state index is 12.5. The second kappa shape index (κ2) is 13.4. The molecule has 0 aliphatic carbocycles. The number of quaternary nitrogens is 1. The molecule has 3 nitrogen and oxygen atoms in total. The number of rotatable bonds is 16. The molecule has 0 amide bonds. The molecule has 0 spiro atoms. The van der Waals surface area contributed by atoms with E-state index >= 15 is 0 Å². The topological polar surface area (TPSA) is 26.3 Å². The summed E-state index contributed by atoms with van der Waals surface area (Å²) in [4.78, 5) is 0. The minimum Gasteiger partial charge on any atom is -0.784 e. The zero-order valence-electron chi connectivity index (χ0n) is 21.9. The Hall–Kier alpha value is -0.120. The molecule has 0 N–H and O–H groups in total. The number of unbranched alkanes of at least 4 members (excludes halogenated alkanes) is 10. The van der Waals surface area contributed by atoms with Gasteiger partial charge in [0.05, 0.1) is 27.2 Å². The lowest BCUT2D eigenvalue weighted by atomic mass is 9.73. The van der Waals surface area contributed by atoms with E-state index in [1.54, 1.807) is 0 Å². The predicted octanol–water partition coefficient (Wildman–Crippen LogP) is 7.92. The Labute approximate surface area is 190 Å². The Balaban J connectivity index is 2.09. The fourth-order valence-electron chi connectivity index (χ4n) is 5.79. The largest absolute Gasteiger partial charge is 0.784 e. The lowest BCUT2D eigenvalue weighted by molar-refractivity contribution is -0.890. The normalized spacial score (nSPS) is 20.0. The van der Waals surface area contributed by atoms with Crippen LogP contribution in [0.25, 0.3) is 0 Å². The highest BCUT2D eigenvalue weighted by Crippen LogP contribution is 2.42. The van der Waals surface area contributed by atoms with Gasteiger partial charge < -0.3 is 14.8 Å². The molecule has 1 rings (SSSR count). The number of piperidine rings is 1. The Morgan fingerprint density at radius 3 is 1.57 bits per heavy atom. The van der Waals surface area contributed by atoms with E-state index in [1.165, 1.54) is 106 Å². The minimum atomic E-state index is -0.211. The maximum Gasteiger partial charge on any atom is 0.0782 e. The molecule has 1 fully saturated rings. The van der Waals surface area contributed by atoms with Crippen LogP contribution in [0.1, 0.15) is 131 Å². The third kappa shape index (κ3) is 11.0. The Morgan fingerprint density at radius 2 is 1.10 bits per heavy atom. The van der Waals surface area contributed by atoms with Gasteiger partial charge in [-0.2, -0.15) is 0 Å². The van der Waals surface area contributed by atoms with E-state index in [4.69, 9.17) is 0 Å². The highest BCUT2D eigenvalue weighted by atomic mass is 16.5. The van der Waals surface area contributed by atoms with Gasteiger partial charge in [-0.15, -0.1) is 0 Å². The van der Waals surface area contributed by atoms with Gasteiger partial charge in [-0.25, -0.2) is 0 Å². The van der Waals surface area contributed by atoms with Gasteiger partial charge in [-0.1, -0.05) is 64.7 Å². The van der Waals surface area contributed by atoms with Gasteiger partial charge in [-0.3, -0.25) is 0 Å². The Bertz CT molecular complexity index is 426. The van der Waals surface area contributed by atoms with Crippen molar-refractivity contribution in [2.45, 2.75) is 142 Å². The third-order valence-electron chi connectivity index (χ3n) is 7.42. The van der Waals surface area contributed by atoms with Crippen LogP contribution in [-0.4, -0.2) is 47.8 Å². The molecule has 0 bridgehead atoms. The van der Waals surface area contributed by atoms with Gasteiger partial charge in [0.1, 0.15) is 0 Å². The van der Waals surface area contributed by atoms with Crippen molar-refractivity contribution in [3.63, 3.8) is 0 Å². The molecule has 0 aromatic rings. The monoisotopic (exact) mass is 424 g/mol. The summed E-state index contributed by atoms with van der Waals surface area (Å²) in [6, 6.07) is 0. The van der Waals surface area contributed by atoms with Crippen molar-refractivity contribution < 1.29 is 4.48 Å². The van der Waals surface area contributed by atoms with Gasteiger partial charge in [0.2, 0.25) is 0 Å². The average Bonchev–Trinajstić information content (AvgIpc) is 2.64. The van der Waals surface area contributed by atoms with Crippen LogP contribution in [0.4, 0.5) is 0 Å². The quantitative estimate of drug-likeness (QED) is 0.186. The first-order valence-electron chi connectivity index (χ1n) is 13.3. The number of hydrogen-bond donors (Lipinski definition) is 0. The molecule has 1 heterocycles.